The molecule has 0 aromatic rings. The van der Waals surface area contributed by atoms with Gasteiger partial charge in [-0.1, -0.05) is 0 Å². The fourth-order valence-electron chi connectivity index (χ4n) is 1.75. The third-order valence-electron chi connectivity index (χ3n) is 2.13. The van der Waals surface area contributed by atoms with Crippen LogP contribution in [0, 0.1) is 0 Å². The first-order valence-corrected chi connectivity index (χ1v) is 18.7. The number of hydrogen-bond donors (Lipinski definition) is 1. The van der Waals surface area contributed by atoms with Gasteiger partial charge in [0, 0.05) is 0 Å². The van der Waals surface area contributed by atoms with Gasteiger partial charge in [-0.25, -0.2) is 0 Å². The number of likely N-dealkylation sites (N-methyl/N-ethyl adjacent to an activating group) is 1. The summed E-state index contributed by atoms with van der Waals surface area (Å²) < 4.78 is 8.38. The summed E-state index contributed by atoms with van der Waals surface area (Å²) >= 11 is -2.26. The van der Waals surface area contributed by atoms with E-state index in [1.807, 2.05) is 13.8 Å². The molecule has 0 atom stereocenters. The van der Waals surface area contributed by atoms with E-state index in [4.69, 9.17) is 0 Å². The maximum absolute atomic E-state index is 10.1. The number of aliphatic hydroxyl groups is 1. The molecule has 0 radical (unpaired) electrons. The number of nitrogens with zero attached hydrogens (tertiary/aromatic N) is 1. The Balaban J connectivity index is 4.84. The molecule has 1 N–H and O–H groups in total. The van der Waals surface area contributed by atoms with Gasteiger partial charge in [-0.2, -0.15) is 0 Å². The van der Waals surface area contributed by atoms with Crippen molar-refractivity contribution in [3.63, 3.8) is 0 Å². The molecule has 0 aliphatic carbocycles. The third-order valence-corrected chi connectivity index (χ3v) is 11.6. The molecule has 14 heavy (non-hydrogen) atoms. The van der Waals surface area contributed by atoms with Crippen molar-refractivity contribution in [2.45, 2.75) is 32.9 Å². The minimum atomic E-state index is -2.26. The summed E-state index contributed by atoms with van der Waals surface area (Å²) in [6, 6.07) is 0. The van der Waals surface area contributed by atoms with Crippen molar-refractivity contribution in [2.24, 2.45) is 0 Å². The molecule has 0 aromatic heterocycles. The van der Waals surface area contributed by atoms with Crippen LogP contribution in [0.15, 0.2) is 9.21 Å². The van der Waals surface area contributed by atoms with Crippen molar-refractivity contribution in [3.05, 3.63) is 9.21 Å². The van der Waals surface area contributed by atoms with Gasteiger partial charge in [0.2, 0.25) is 0 Å². The van der Waals surface area contributed by atoms with E-state index in [1.165, 1.54) is 3.13 Å². The van der Waals surface area contributed by atoms with Crippen molar-refractivity contribution < 1.29 is 5.11 Å². The molecule has 0 bridgehead atoms. The van der Waals surface area contributed by atoms with E-state index in [0.717, 1.165) is 6.54 Å². The molecule has 0 heterocycles. The second-order valence-corrected chi connectivity index (χ2v) is 25.3. The number of hydrogen-bond acceptors (Lipinski definition) is 2. The van der Waals surface area contributed by atoms with Crippen LogP contribution in [-0.4, -0.2) is 57.4 Å². The zero-order valence-electron chi connectivity index (χ0n) is 10.7. The molecule has 0 aliphatic heterocycles. The molecule has 2 nitrogen and oxygen atoms in total. The van der Waals surface area contributed by atoms with Gasteiger partial charge < -0.3 is 0 Å². The third kappa shape index (κ3) is 5.46. The summed E-state index contributed by atoms with van der Waals surface area (Å²) in [4.78, 5) is 2.13. The minimum absolute atomic E-state index is 0.629. The van der Waals surface area contributed by atoms with Gasteiger partial charge in [0.1, 0.15) is 0 Å². The van der Waals surface area contributed by atoms with E-state index in [2.05, 4.69) is 38.5 Å². The summed E-state index contributed by atoms with van der Waals surface area (Å²) in [5.41, 5.74) is -0.629. The predicted octanol–water partition coefficient (Wildman–Crippen LogP) is 2.12. The average Bonchev–Trinajstić information content (AvgIpc) is 1.78. The molecule has 3 heteroatoms. The van der Waals surface area contributed by atoms with Gasteiger partial charge >= 0.3 is 93.9 Å². The van der Waals surface area contributed by atoms with Gasteiger partial charge in [0.25, 0.3) is 0 Å². The fraction of sp³-hybridized carbons (Fsp3) is 0.818. The quantitative estimate of drug-likeness (QED) is 0.739. The monoisotopic (exact) mass is 395 g/mol. The zero-order chi connectivity index (χ0) is 11.6. The van der Waals surface area contributed by atoms with Crippen molar-refractivity contribution in [3.8, 4) is 0 Å². The van der Waals surface area contributed by atoms with Gasteiger partial charge in [0.05, 0.1) is 0 Å². The van der Waals surface area contributed by atoms with Gasteiger partial charge in [-0.3, -0.25) is 0 Å². The van der Waals surface area contributed by atoms with Crippen LogP contribution in [0.25, 0.3) is 0 Å². The molecule has 0 unspecified atom stereocenters. The Morgan fingerprint density at radius 2 is 1.71 bits per heavy atom. The van der Waals surface area contributed by atoms with E-state index < -0.39 is 26.8 Å². The molecule has 84 valence electrons. The number of rotatable bonds is 4. The Morgan fingerprint density at radius 1 is 1.29 bits per heavy atom. The van der Waals surface area contributed by atoms with E-state index in [1.54, 1.807) is 0 Å². The van der Waals surface area contributed by atoms with Gasteiger partial charge in [-0.05, 0) is 0 Å². The van der Waals surface area contributed by atoms with Crippen molar-refractivity contribution in [1.29, 1.82) is 0 Å². The molecule has 0 spiro atoms. The van der Waals surface area contributed by atoms with Crippen LogP contribution in [0.4, 0.5) is 0 Å². The average molecular weight is 395 g/mol. The molecule has 0 amide bonds. The Bertz CT molecular complexity index is 192. The van der Waals surface area contributed by atoms with Crippen LogP contribution in [0.3, 0.4) is 0 Å². The Kier molecular flexibility index (Phi) is 5.29. The molecule has 0 aliphatic rings. The molecule has 0 aromatic carbocycles. The van der Waals surface area contributed by atoms with E-state index in [-0.39, 0.29) is 0 Å². The van der Waals surface area contributed by atoms with Crippen LogP contribution in [0.5, 0.6) is 0 Å². The van der Waals surface area contributed by atoms with Crippen LogP contribution in [0.2, 0.25) is 13.4 Å². The molecular weight excluding hydrogens is 369 g/mol. The van der Waals surface area contributed by atoms with Crippen molar-refractivity contribution >= 4 is 21.2 Å². The maximum atomic E-state index is 10.1. The molecule has 0 saturated heterocycles. The van der Waals surface area contributed by atoms with Crippen LogP contribution >= 0.6 is 0 Å². The first-order chi connectivity index (χ1) is 6.05. The van der Waals surface area contributed by atoms with Gasteiger partial charge in [0.15, 0.2) is 0 Å². The summed E-state index contributed by atoms with van der Waals surface area (Å²) in [5, 5.41) is 10.1. The van der Waals surface area contributed by atoms with E-state index in [9.17, 15) is 5.11 Å². The zero-order valence-corrected chi connectivity index (χ0v) is 14.6. The SMILES string of the molecule is CN(C)C/C=[C](\C(C)(C)O)[Pb]([CH3])([CH3])[CH3]. The van der Waals surface area contributed by atoms with E-state index >= 15 is 0 Å². The van der Waals surface area contributed by atoms with Crippen LogP contribution in [0.1, 0.15) is 13.8 Å². The molecule has 0 rings (SSSR count). The standard InChI is InChI=1S/C8H16NO.3CH3.Pb/c1-8(2,10)6-5-7-9(3)4;;;;/h5,10H,7H2,1-4H3;3*1H3;. The van der Waals surface area contributed by atoms with Crippen molar-refractivity contribution in [2.75, 3.05) is 20.6 Å². The summed E-state index contributed by atoms with van der Waals surface area (Å²) in [6.45, 7) is 4.73. The van der Waals surface area contributed by atoms with Gasteiger partial charge in [-0.15, -0.1) is 0 Å². The second-order valence-electron chi connectivity index (χ2n) is 5.69. The van der Waals surface area contributed by atoms with Crippen LogP contribution < -0.4 is 0 Å². The Hall–Kier alpha value is 0.582. The first kappa shape index (κ1) is 14.6. The predicted molar refractivity (Wildman–Crippen MR) is 66.3 cm³/mol. The topological polar surface area (TPSA) is 23.5 Å². The summed E-state index contributed by atoms with van der Waals surface area (Å²) in [7, 11) is 4.11. The fourth-order valence-corrected chi connectivity index (χ4v) is 11.6. The second kappa shape index (κ2) is 5.08. The normalized spacial score (nSPS) is 15.1. The Morgan fingerprint density at radius 3 is 1.93 bits per heavy atom. The van der Waals surface area contributed by atoms with Crippen molar-refractivity contribution in [1.82, 2.24) is 4.90 Å². The first-order valence-electron chi connectivity index (χ1n) is 5.13. The van der Waals surface area contributed by atoms with Crippen LogP contribution in [-0.2, 0) is 0 Å². The summed E-state index contributed by atoms with van der Waals surface area (Å²) in [6.07, 6.45) is 2.22. The van der Waals surface area contributed by atoms with E-state index in [0.29, 0.717) is 0 Å². The summed E-state index contributed by atoms with van der Waals surface area (Å²) in [5.74, 6) is 0. The molecule has 0 fully saturated rings. The molecule has 0 saturated carbocycles. The Labute approximate surface area is 93.7 Å². The molecular formula is C11H25NOPb.